The van der Waals surface area contributed by atoms with Crippen LogP contribution >= 0.6 is 0 Å². The lowest BCUT2D eigenvalue weighted by Crippen LogP contribution is -2.45. The first-order chi connectivity index (χ1) is 22.5. The Bertz CT molecular complexity index is 1460. The minimum absolute atomic E-state index is 0.00828. The first-order valence-electron chi connectivity index (χ1n) is 15.5. The zero-order valence-electron chi connectivity index (χ0n) is 26.2. The summed E-state index contributed by atoms with van der Waals surface area (Å²) in [4.78, 5) is 37.0. The molecule has 254 valence electrons. The summed E-state index contributed by atoms with van der Waals surface area (Å²) in [6.45, 7) is 5.87. The average Bonchev–Trinajstić information content (AvgIpc) is 3.06. The van der Waals surface area contributed by atoms with Crippen LogP contribution in [0, 0.1) is 0 Å². The van der Waals surface area contributed by atoms with E-state index in [1.807, 2.05) is 0 Å². The van der Waals surface area contributed by atoms with Gasteiger partial charge in [-0.3, -0.25) is 14.5 Å². The van der Waals surface area contributed by atoms with Crippen molar-refractivity contribution in [1.29, 1.82) is 0 Å². The van der Waals surface area contributed by atoms with E-state index in [-0.39, 0.29) is 49.2 Å². The number of hydrogen-bond acceptors (Lipinski definition) is 7. The van der Waals surface area contributed by atoms with Gasteiger partial charge in [-0.15, -0.1) is 0 Å². The van der Waals surface area contributed by atoms with Gasteiger partial charge in [0, 0.05) is 31.2 Å². The number of unbranched alkanes of at least 4 members (excludes halogenated alkanes) is 1. The lowest BCUT2D eigenvalue weighted by atomic mass is 9.97. The normalized spacial score (nSPS) is 14.2. The second-order valence-electron chi connectivity index (χ2n) is 10.9. The highest BCUT2D eigenvalue weighted by Crippen LogP contribution is 2.36. The van der Waals surface area contributed by atoms with E-state index in [0.717, 1.165) is 17.0 Å². The number of amides is 2. The Labute approximate surface area is 270 Å². The number of hydrogen-bond donors (Lipinski definition) is 1. The number of aromatic nitrogens is 2. The fraction of sp³-hybridized carbons (Fsp3) is 0.455. The summed E-state index contributed by atoms with van der Waals surface area (Å²) in [6, 6.07) is 11.4. The molecule has 47 heavy (non-hydrogen) atoms. The number of ether oxygens (including phenoxy) is 2. The smallest absolute Gasteiger partial charge is 0.416 e. The van der Waals surface area contributed by atoms with E-state index in [1.54, 1.807) is 38.1 Å². The molecule has 2 heterocycles. The summed E-state index contributed by atoms with van der Waals surface area (Å²) in [5, 5.41) is 3.06. The van der Waals surface area contributed by atoms with Gasteiger partial charge in [-0.2, -0.15) is 31.9 Å². The third-order valence-electron chi connectivity index (χ3n) is 7.76. The van der Waals surface area contributed by atoms with Crippen LogP contribution in [0.25, 0.3) is 11.1 Å². The van der Waals surface area contributed by atoms with E-state index >= 15 is 0 Å². The van der Waals surface area contributed by atoms with Gasteiger partial charge < -0.3 is 19.7 Å². The zero-order valence-corrected chi connectivity index (χ0v) is 26.2. The van der Waals surface area contributed by atoms with Gasteiger partial charge >= 0.3 is 12.6 Å². The molecule has 1 aromatic heterocycles. The number of likely N-dealkylation sites (tertiary alicyclic amines) is 1. The second-order valence-corrected chi connectivity index (χ2v) is 10.9. The van der Waals surface area contributed by atoms with Gasteiger partial charge in [0.2, 0.25) is 11.8 Å². The van der Waals surface area contributed by atoms with Gasteiger partial charge in [-0.25, -0.2) is 0 Å². The van der Waals surface area contributed by atoms with E-state index in [1.165, 1.54) is 18.5 Å². The molecule has 3 aromatic rings. The Morgan fingerprint density at radius 3 is 2.15 bits per heavy atom. The lowest BCUT2D eigenvalue weighted by Gasteiger charge is -2.32. The predicted octanol–water partition coefficient (Wildman–Crippen LogP) is 6.23. The molecular formula is C33H38F5N5O4. The van der Waals surface area contributed by atoms with Crippen molar-refractivity contribution < 1.29 is 41.0 Å². The van der Waals surface area contributed by atoms with Gasteiger partial charge in [0.25, 0.3) is 11.8 Å². The van der Waals surface area contributed by atoms with Crippen LogP contribution in [-0.4, -0.2) is 78.5 Å². The average molecular weight is 664 g/mol. The summed E-state index contributed by atoms with van der Waals surface area (Å²) >= 11 is 0. The number of alkyl halides is 5. The molecule has 0 spiro atoms. The number of carbonyl (C=O) groups excluding carboxylic acids is 2. The van der Waals surface area contributed by atoms with Crippen LogP contribution in [0.5, 0.6) is 11.8 Å². The summed E-state index contributed by atoms with van der Waals surface area (Å²) in [6.07, 6.45) is -4.10. The Morgan fingerprint density at radius 2 is 1.57 bits per heavy atom. The van der Waals surface area contributed by atoms with Gasteiger partial charge in [-0.05, 0) is 75.4 Å². The van der Waals surface area contributed by atoms with Crippen molar-refractivity contribution in [2.75, 3.05) is 44.3 Å². The highest BCUT2D eigenvalue weighted by molar-refractivity contribution is 6.01. The monoisotopic (exact) mass is 663 g/mol. The van der Waals surface area contributed by atoms with Crippen molar-refractivity contribution in [2.45, 2.75) is 58.2 Å². The molecule has 1 fully saturated rings. The fourth-order valence-electron chi connectivity index (χ4n) is 5.45. The second kappa shape index (κ2) is 16.5. The third kappa shape index (κ3) is 9.37. The fourth-order valence-corrected chi connectivity index (χ4v) is 5.45. The van der Waals surface area contributed by atoms with Crippen LogP contribution < -0.4 is 19.7 Å². The number of anilines is 1. The molecule has 0 radical (unpaired) electrons. The Morgan fingerprint density at radius 1 is 0.957 bits per heavy atom. The van der Waals surface area contributed by atoms with E-state index in [4.69, 9.17) is 9.47 Å². The number of carbonyl (C=O) groups is 2. The number of halogens is 5. The molecule has 1 aliphatic rings. The topological polar surface area (TPSA) is 96.9 Å². The van der Waals surface area contributed by atoms with Crippen molar-refractivity contribution in [3.05, 3.63) is 66.0 Å². The lowest BCUT2D eigenvalue weighted by molar-refractivity contribution is -0.137. The molecule has 2 amide bonds. The van der Waals surface area contributed by atoms with E-state index < -0.39 is 24.1 Å². The van der Waals surface area contributed by atoms with Gasteiger partial charge in [0.15, 0.2) is 5.69 Å². The first-order valence-corrected chi connectivity index (χ1v) is 15.5. The summed E-state index contributed by atoms with van der Waals surface area (Å²) in [5.41, 5.74) is 0.653. The molecular weight excluding hydrogens is 625 g/mol. The first kappa shape index (κ1) is 35.5. The van der Waals surface area contributed by atoms with Gasteiger partial charge in [0.05, 0.1) is 18.8 Å². The molecule has 9 nitrogen and oxygen atoms in total. The number of piperidine rings is 1. The number of rotatable bonds is 14. The number of nitrogens with one attached hydrogen (secondary N) is 1. The Hall–Kier alpha value is -4.33. The number of benzene rings is 2. The summed E-state index contributed by atoms with van der Waals surface area (Å²) in [5.74, 6) is -1.71. The molecule has 0 saturated carbocycles. The summed E-state index contributed by atoms with van der Waals surface area (Å²) in [7, 11) is 0. The highest BCUT2D eigenvalue weighted by Gasteiger charge is 2.32. The van der Waals surface area contributed by atoms with Crippen LogP contribution in [-0.2, 0) is 11.0 Å². The molecule has 0 unspecified atom stereocenters. The van der Waals surface area contributed by atoms with Crippen LogP contribution in [0.15, 0.2) is 54.9 Å². The van der Waals surface area contributed by atoms with Crippen LogP contribution in [0.2, 0.25) is 0 Å². The van der Waals surface area contributed by atoms with Crippen molar-refractivity contribution >= 4 is 17.5 Å². The van der Waals surface area contributed by atoms with E-state index in [0.29, 0.717) is 62.0 Å². The van der Waals surface area contributed by atoms with E-state index in [2.05, 4.69) is 20.2 Å². The van der Waals surface area contributed by atoms with Crippen molar-refractivity contribution in [1.82, 2.24) is 20.2 Å². The predicted molar refractivity (Wildman–Crippen MR) is 166 cm³/mol. The van der Waals surface area contributed by atoms with Crippen LogP contribution in [0.3, 0.4) is 0 Å². The molecule has 1 saturated heterocycles. The maximum absolute atomic E-state index is 13.6. The van der Waals surface area contributed by atoms with Gasteiger partial charge in [-0.1, -0.05) is 30.3 Å². The maximum Gasteiger partial charge on any atom is 0.416 e. The third-order valence-corrected chi connectivity index (χ3v) is 7.76. The molecule has 1 N–H and O–H groups in total. The molecule has 1 aliphatic heterocycles. The summed E-state index contributed by atoms with van der Waals surface area (Å²) < 4.78 is 77.2. The zero-order chi connectivity index (χ0) is 34.0. The van der Waals surface area contributed by atoms with Crippen LogP contribution in [0.4, 0.5) is 27.6 Å². The maximum atomic E-state index is 13.6. The van der Waals surface area contributed by atoms with Gasteiger partial charge in [0.1, 0.15) is 6.33 Å². The van der Waals surface area contributed by atoms with Crippen molar-refractivity contribution in [2.24, 2.45) is 0 Å². The minimum Gasteiger partial charge on any atom is -0.476 e. The molecule has 0 atom stereocenters. The number of nitrogens with zero attached hydrogens (tertiary/aromatic N) is 4. The molecule has 14 heteroatoms. The Balaban J connectivity index is 1.30. The quantitative estimate of drug-likeness (QED) is 0.161. The molecule has 2 aromatic carbocycles. The van der Waals surface area contributed by atoms with Crippen molar-refractivity contribution in [3.8, 4) is 22.9 Å². The van der Waals surface area contributed by atoms with E-state index in [9.17, 15) is 31.5 Å². The van der Waals surface area contributed by atoms with Crippen LogP contribution in [0.1, 0.15) is 55.5 Å². The molecule has 0 bridgehead atoms. The van der Waals surface area contributed by atoms with Crippen molar-refractivity contribution in [3.63, 3.8) is 0 Å². The standard InChI is InChI=1S/C33H38F5N5O4/c1-3-46-30-27(31(47-4-2)40-21-39-30)43(32(45)28(34)35)18-8-7-17-42-19-15-24(16-20-42)41-29(44)26-10-6-5-9-25(26)22-11-13-23(14-12-22)33(36,37)38/h5-6,9-14,21,24,28H,3-4,7-8,15-20H2,1-2H3,(H,41,44). The SMILES string of the molecule is CCOc1ncnc(OCC)c1N(CCCCN1CCC(NC(=O)c2ccccc2-c2ccc(C(F)(F)F)cc2)CC1)C(=O)C(F)F. The molecule has 4 rings (SSSR count). The molecule has 0 aliphatic carbocycles. The Kier molecular flexibility index (Phi) is 12.5. The highest BCUT2D eigenvalue weighted by atomic mass is 19.4. The minimum atomic E-state index is -4.45. The largest absolute Gasteiger partial charge is 0.476 e.